The summed E-state index contributed by atoms with van der Waals surface area (Å²) in [6, 6.07) is 4.37. The molecule has 1 atom stereocenters. The minimum absolute atomic E-state index is 0.0129. The van der Waals surface area contributed by atoms with Crippen molar-refractivity contribution in [3.05, 3.63) is 38.9 Å². The van der Waals surface area contributed by atoms with Crippen molar-refractivity contribution in [2.75, 3.05) is 0 Å². The molecule has 0 fully saturated rings. The maximum Gasteiger partial charge on any atom is 0.270 e. The Hall–Kier alpha value is -1.57. The first-order valence-electron chi connectivity index (χ1n) is 5.58. The number of hydrogen-bond acceptors (Lipinski definition) is 3. The van der Waals surface area contributed by atoms with Crippen LogP contribution in [0.15, 0.2) is 18.2 Å². The van der Waals surface area contributed by atoms with Crippen molar-refractivity contribution in [2.45, 2.75) is 26.4 Å². The predicted octanol–water partition coefficient (Wildman–Crippen LogP) is 3.00. The first-order valence-corrected chi connectivity index (χ1v) is 5.95. The molecule has 0 radical (unpaired) electrons. The summed E-state index contributed by atoms with van der Waals surface area (Å²) in [5.74, 6) is 2.97. The summed E-state index contributed by atoms with van der Waals surface area (Å²) in [5, 5.41) is 14.1. The summed E-state index contributed by atoms with van der Waals surface area (Å²) in [7, 11) is 0. The fourth-order valence-corrected chi connectivity index (χ4v) is 1.74. The Bertz CT molecular complexity index is 480. The monoisotopic (exact) mass is 266 g/mol. The molecule has 0 aliphatic rings. The van der Waals surface area contributed by atoms with Gasteiger partial charge in [0.15, 0.2) is 0 Å². The highest BCUT2D eigenvalue weighted by molar-refractivity contribution is 6.31. The van der Waals surface area contributed by atoms with Crippen molar-refractivity contribution in [2.24, 2.45) is 5.92 Å². The molecule has 1 N–H and O–H groups in total. The zero-order valence-corrected chi connectivity index (χ0v) is 11.1. The summed E-state index contributed by atoms with van der Waals surface area (Å²) in [6.45, 7) is 4.54. The number of rotatable bonds is 5. The van der Waals surface area contributed by atoms with Gasteiger partial charge in [-0.25, -0.2) is 0 Å². The van der Waals surface area contributed by atoms with Crippen molar-refractivity contribution in [3.8, 4) is 12.3 Å². The number of non-ortho nitro benzene ring substituents is 1. The van der Waals surface area contributed by atoms with Crippen molar-refractivity contribution in [1.29, 1.82) is 0 Å². The van der Waals surface area contributed by atoms with Gasteiger partial charge in [-0.1, -0.05) is 31.4 Å². The van der Waals surface area contributed by atoms with Gasteiger partial charge >= 0.3 is 0 Å². The van der Waals surface area contributed by atoms with Gasteiger partial charge in [-0.2, -0.15) is 0 Å². The van der Waals surface area contributed by atoms with E-state index in [9.17, 15) is 10.1 Å². The van der Waals surface area contributed by atoms with Crippen LogP contribution >= 0.6 is 11.6 Å². The second kappa shape index (κ2) is 6.39. The molecule has 0 saturated heterocycles. The predicted molar refractivity (Wildman–Crippen MR) is 72.4 cm³/mol. The van der Waals surface area contributed by atoms with Gasteiger partial charge in [0.25, 0.3) is 5.69 Å². The van der Waals surface area contributed by atoms with Crippen LogP contribution in [0.25, 0.3) is 0 Å². The van der Waals surface area contributed by atoms with Crippen LogP contribution in [0.5, 0.6) is 0 Å². The van der Waals surface area contributed by atoms with E-state index in [0.717, 1.165) is 5.56 Å². The molecule has 0 bridgehead atoms. The third kappa shape index (κ3) is 3.73. The number of nitrogens with one attached hydrogen (secondary N) is 1. The van der Waals surface area contributed by atoms with Gasteiger partial charge in [-0.15, -0.1) is 6.42 Å². The maximum absolute atomic E-state index is 10.6. The third-order valence-electron chi connectivity index (χ3n) is 2.61. The van der Waals surface area contributed by atoms with Gasteiger partial charge in [-0.05, 0) is 17.5 Å². The van der Waals surface area contributed by atoms with Crippen LogP contribution in [0.1, 0.15) is 19.4 Å². The molecule has 0 aliphatic carbocycles. The number of nitro groups is 1. The summed E-state index contributed by atoms with van der Waals surface area (Å²) in [4.78, 5) is 10.1. The Balaban J connectivity index is 2.75. The zero-order valence-electron chi connectivity index (χ0n) is 10.3. The fourth-order valence-electron chi connectivity index (χ4n) is 1.50. The molecule has 4 nitrogen and oxygen atoms in total. The fraction of sp³-hybridized carbons (Fsp3) is 0.385. The normalized spacial score (nSPS) is 12.2. The Morgan fingerprint density at radius 3 is 2.67 bits per heavy atom. The molecule has 1 unspecified atom stereocenters. The van der Waals surface area contributed by atoms with Crippen molar-refractivity contribution >= 4 is 17.3 Å². The minimum atomic E-state index is -0.471. The molecule has 0 aliphatic heterocycles. The number of terminal acetylenes is 1. The van der Waals surface area contributed by atoms with E-state index in [1.165, 1.54) is 12.1 Å². The highest BCUT2D eigenvalue weighted by Crippen LogP contribution is 2.22. The quantitative estimate of drug-likeness (QED) is 0.506. The highest BCUT2D eigenvalue weighted by atomic mass is 35.5. The zero-order chi connectivity index (χ0) is 13.7. The second-order valence-electron chi connectivity index (χ2n) is 4.30. The molecule has 0 amide bonds. The van der Waals surface area contributed by atoms with E-state index < -0.39 is 4.92 Å². The topological polar surface area (TPSA) is 55.2 Å². The highest BCUT2D eigenvalue weighted by Gasteiger charge is 2.12. The molecule has 1 aromatic rings. The molecule has 1 rings (SSSR count). The summed E-state index contributed by atoms with van der Waals surface area (Å²) in [5.41, 5.74) is 0.782. The number of halogens is 1. The van der Waals surface area contributed by atoms with Crippen molar-refractivity contribution in [3.63, 3.8) is 0 Å². The molecular weight excluding hydrogens is 252 g/mol. The Morgan fingerprint density at radius 2 is 2.22 bits per heavy atom. The lowest BCUT2D eigenvalue weighted by Crippen LogP contribution is -2.31. The molecular formula is C13H15ClN2O2. The number of nitro benzene ring substituents is 1. The SMILES string of the molecule is C#CC(NCc1ccc([N+](=O)[O-])cc1Cl)C(C)C. The van der Waals surface area contributed by atoms with E-state index in [-0.39, 0.29) is 11.7 Å². The van der Waals surface area contributed by atoms with Crippen LogP contribution in [-0.2, 0) is 6.54 Å². The lowest BCUT2D eigenvalue weighted by atomic mass is 10.0. The second-order valence-corrected chi connectivity index (χ2v) is 4.71. The minimum Gasteiger partial charge on any atom is -0.299 e. The maximum atomic E-state index is 10.6. The summed E-state index contributed by atoms with van der Waals surface area (Å²) >= 11 is 5.98. The Kier molecular flexibility index (Phi) is 5.14. The van der Waals surface area contributed by atoms with Crippen LogP contribution in [0.3, 0.4) is 0 Å². The first-order chi connectivity index (χ1) is 8.45. The van der Waals surface area contributed by atoms with Gasteiger partial charge in [-0.3, -0.25) is 15.4 Å². The van der Waals surface area contributed by atoms with E-state index in [0.29, 0.717) is 17.5 Å². The third-order valence-corrected chi connectivity index (χ3v) is 2.96. The molecule has 0 spiro atoms. The lowest BCUT2D eigenvalue weighted by molar-refractivity contribution is -0.384. The number of benzene rings is 1. The largest absolute Gasteiger partial charge is 0.299 e. The molecule has 5 heteroatoms. The summed E-state index contributed by atoms with van der Waals surface area (Å²) in [6.07, 6.45) is 5.40. The van der Waals surface area contributed by atoms with E-state index >= 15 is 0 Å². The van der Waals surface area contributed by atoms with Gasteiger partial charge in [0.1, 0.15) is 0 Å². The first kappa shape index (κ1) is 14.5. The van der Waals surface area contributed by atoms with Crippen LogP contribution < -0.4 is 5.32 Å². The van der Waals surface area contributed by atoms with Crippen LogP contribution in [0.4, 0.5) is 5.69 Å². The Labute approximate surface area is 111 Å². The molecule has 0 heterocycles. The molecule has 0 aromatic heterocycles. The molecule has 0 saturated carbocycles. The van der Waals surface area contributed by atoms with Crippen molar-refractivity contribution < 1.29 is 4.92 Å². The molecule has 18 heavy (non-hydrogen) atoms. The standard InChI is InChI=1S/C13H15ClN2O2/c1-4-13(9(2)3)15-8-10-5-6-11(16(17)18)7-12(10)14/h1,5-7,9,13,15H,8H2,2-3H3. The van der Waals surface area contributed by atoms with Crippen LogP contribution in [0, 0.1) is 28.4 Å². The van der Waals surface area contributed by atoms with E-state index in [1.807, 2.05) is 13.8 Å². The van der Waals surface area contributed by atoms with E-state index in [1.54, 1.807) is 6.07 Å². The number of hydrogen-bond donors (Lipinski definition) is 1. The average molecular weight is 267 g/mol. The van der Waals surface area contributed by atoms with Crippen molar-refractivity contribution in [1.82, 2.24) is 5.32 Å². The number of nitrogens with zero attached hydrogens (tertiary/aromatic N) is 1. The summed E-state index contributed by atoms with van der Waals surface area (Å²) < 4.78 is 0. The van der Waals surface area contributed by atoms with Gasteiger partial charge in [0, 0.05) is 18.7 Å². The van der Waals surface area contributed by atoms with E-state index in [2.05, 4.69) is 11.2 Å². The van der Waals surface area contributed by atoms with Gasteiger partial charge in [0.2, 0.25) is 0 Å². The average Bonchev–Trinajstić information content (AvgIpc) is 2.30. The lowest BCUT2D eigenvalue weighted by Gasteiger charge is -2.16. The Morgan fingerprint density at radius 1 is 1.56 bits per heavy atom. The van der Waals surface area contributed by atoms with Crippen LogP contribution in [0.2, 0.25) is 5.02 Å². The smallest absolute Gasteiger partial charge is 0.270 e. The molecule has 1 aromatic carbocycles. The van der Waals surface area contributed by atoms with Crippen LogP contribution in [-0.4, -0.2) is 11.0 Å². The molecule has 96 valence electrons. The van der Waals surface area contributed by atoms with E-state index in [4.69, 9.17) is 18.0 Å². The van der Waals surface area contributed by atoms with Gasteiger partial charge < -0.3 is 0 Å². The van der Waals surface area contributed by atoms with Gasteiger partial charge in [0.05, 0.1) is 16.0 Å².